The smallest absolute Gasteiger partial charge is 0.141 e. The van der Waals surface area contributed by atoms with Gasteiger partial charge in [-0.15, -0.1) is 0 Å². The first-order valence-corrected chi connectivity index (χ1v) is 7.00. The number of nitrogens with one attached hydrogen (secondary N) is 1. The minimum atomic E-state index is 0.0895. The summed E-state index contributed by atoms with van der Waals surface area (Å²) in [5.41, 5.74) is 2.09. The second-order valence-electron chi connectivity index (χ2n) is 4.40. The van der Waals surface area contributed by atoms with Crippen molar-refractivity contribution >= 4 is 23.2 Å². The third-order valence-electron chi connectivity index (χ3n) is 3.20. The van der Waals surface area contributed by atoms with E-state index < -0.39 is 0 Å². The van der Waals surface area contributed by atoms with Crippen LogP contribution in [0, 0.1) is 0 Å². The molecule has 106 valence electrons. The summed E-state index contributed by atoms with van der Waals surface area (Å²) in [5.74, 6) is 0.761. The number of methoxy groups -OCH3 is 1. The first-order chi connectivity index (χ1) is 9.65. The molecule has 1 aromatic heterocycles. The maximum atomic E-state index is 6.24. The Kier molecular flexibility index (Phi) is 5.24. The second-order valence-corrected chi connectivity index (χ2v) is 5.24. The number of rotatable bonds is 5. The number of benzene rings is 1. The fourth-order valence-electron chi connectivity index (χ4n) is 2.12. The Labute approximate surface area is 128 Å². The van der Waals surface area contributed by atoms with Crippen molar-refractivity contribution in [2.45, 2.75) is 12.5 Å². The first kappa shape index (κ1) is 15.1. The summed E-state index contributed by atoms with van der Waals surface area (Å²) in [6.07, 6.45) is 4.21. The highest BCUT2D eigenvalue weighted by atomic mass is 35.5. The van der Waals surface area contributed by atoms with Crippen LogP contribution in [0.25, 0.3) is 0 Å². The van der Waals surface area contributed by atoms with Crippen molar-refractivity contribution in [3.8, 4) is 5.75 Å². The normalized spacial score (nSPS) is 12.2. The summed E-state index contributed by atoms with van der Waals surface area (Å²) in [5, 5.41) is 4.60. The predicted octanol–water partition coefficient (Wildman–Crippen LogP) is 3.90. The van der Waals surface area contributed by atoms with Crippen molar-refractivity contribution in [2.75, 3.05) is 14.2 Å². The van der Waals surface area contributed by atoms with Crippen molar-refractivity contribution in [3.05, 3.63) is 57.8 Å². The largest absolute Gasteiger partial charge is 0.495 e. The molecule has 1 unspecified atom stereocenters. The SMILES string of the molecule is CNC(Cc1ccc(Cl)cc1Cl)c1ccncc1OC. The molecule has 0 aliphatic rings. The number of likely N-dealkylation sites (N-methyl/N-ethyl adjacent to an activating group) is 1. The molecule has 0 radical (unpaired) electrons. The van der Waals surface area contributed by atoms with E-state index in [-0.39, 0.29) is 6.04 Å². The van der Waals surface area contributed by atoms with E-state index in [1.807, 2.05) is 25.2 Å². The number of aromatic nitrogens is 1. The Morgan fingerprint density at radius 2 is 2.10 bits per heavy atom. The van der Waals surface area contributed by atoms with Crippen LogP contribution in [-0.2, 0) is 6.42 Å². The van der Waals surface area contributed by atoms with Crippen molar-refractivity contribution in [1.29, 1.82) is 0 Å². The molecule has 0 spiro atoms. The molecule has 2 rings (SSSR count). The van der Waals surface area contributed by atoms with Gasteiger partial charge in [0.2, 0.25) is 0 Å². The van der Waals surface area contributed by atoms with Crippen LogP contribution < -0.4 is 10.1 Å². The number of nitrogens with zero attached hydrogens (tertiary/aromatic N) is 1. The Morgan fingerprint density at radius 3 is 2.75 bits per heavy atom. The Balaban J connectivity index is 2.29. The molecular formula is C15H16Cl2N2O. The number of hydrogen-bond acceptors (Lipinski definition) is 3. The zero-order chi connectivity index (χ0) is 14.5. The van der Waals surface area contributed by atoms with Gasteiger partial charge in [-0.25, -0.2) is 0 Å². The van der Waals surface area contributed by atoms with Crippen LogP contribution in [0.2, 0.25) is 10.0 Å². The van der Waals surface area contributed by atoms with E-state index in [1.165, 1.54) is 0 Å². The topological polar surface area (TPSA) is 34.2 Å². The van der Waals surface area contributed by atoms with Gasteiger partial charge in [0.15, 0.2) is 0 Å². The Hall–Kier alpha value is -1.29. The summed E-state index contributed by atoms with van der Waals surface area (Å²) >= 11 is 12.2. The summed E-state index contributed by atoms with van der Waals surface area (Å²) in [4.78, 5) is 4.07. The third kappa shape index (κ3) is 3.42. The molecule has 1 aromatic carbocycles. The molecular weight excluding hydrogens is 295 g/mol. The molecule has 0 aliphatic carbocycles. The molecule has 0 saturated carbocycles. The van der Waals surface area contributed by atoms with Gasteiger partial charge in [0.25, 0.3) is 0 Å². The van der Waals surface area contributed by atoms with Gasteiger partial charge >= 0.3 is 0 Å². The molecule has 0 amide bonds. The minimum Gasteiger partial charge on any atom is -0.495 e. The van der Waals surface area contributed by atoms with E-state index in [0.29, 0.717) is 10.0 Å². The zero-order valence-electron chi connectivity index (χ0n) is 11.4. The average Bonchev–Trinajstić information content (AvgIpc) is 2.46. The minimum absolute atomic E-state index is 0.0895. The van der Waals surface area contributed by atoms with Crippen molar-refractivity contribution in [3.63, 3.8) is 0 Å². The number of halogens is 2. The number of pyridine rings is 1. The van der Waals surface area contributed by atoms with Crippen LogP contribution in [-0.4, -0.2) is 19.1 Å². The van der Waals surface area contributed by atoms with Crippen molar-refractivity contribution < 1.29 is 4.74 Å². The standard InChI is InChI=1S/C15H16Cl2N2O/c1-18-14(12-5-6-19-9-15(12)20-2)7-10-3-4-11(16)8-13(10)17/h3-6,8-9,14,18H,7H2,1-2H3. The summed E-state index contributed by atoms with van der Waals surface area (Å²) in [6.45, 7) is 0. The fraction of sp³-hybridized carbons (Fsp3) is 0.267. The van der Waals surface area contributed by atoms with Gasteiger partial charge in [-0.2, -0.15) is 0 Å². The van der Waals surface area contributed by atoms with Crippen LogP contribution in [0.5, 0.6) is 5.75 Å². The Bertz CT molecular complexity index is 590. The second kappa shape index (κ2) is 6.93. The number of ether oxygens (including phenoxy) is 1. The quantitative estimate of drug-likeness (QED) is 0.909. The predicted molar refractivity (Wildman–Crippen MR) is 82.8 cm³/mol. The van der Waals surface area contributed by atoms with Gasteiger partial charge in [-0.05, 0) is 37.2 Å². The highest BCUT2D eigenvalue weighted by Crippen LogP contribution is 2.29. The summed E-state index contributed by atoms with van der Waals surface area (Å²) < 4.78 is 5.36. The van der Waals surface area contributed by atoms with Gasteiger partial charge in [-0.3, -0.25) is 4.98 Å². The van der Waals surface area contributed by atoms with Gasteiger partial charge in [-0.1, -0.05) is 29.3 Å². The molecule has 0 fully saturated rings. The van der Waals surface area contributed by atoms with Gasteiger partial charge in [0, 0.05) is 27.8 Å². The lowest BCUT2D eigenvalue weighted by Gasteiger charge is -2.19. The van der Waals surface area contributed by atoms with Crippen LogP contribution in [0.15, 0.2) is 36.7 Å². The lowest BCUT2D eigenvalue weighted by molar-refractivity contribution is 0.399. The maximum absolute atomic E-state index is 6.24. The van der Waals surface area contributed by atoms with E-state index in [0.717, 1.165) is 23.3 Å². The molecule has 5 heteroatoms. The maximum Gasteiger partial charge on any atom is 0.141 e. The zero-order valence-corrected chi connectivity index (χ0v) is 12.9. The van der Waals surface area contributed by atoms with Crippen LogP contribution >= 0.6 is 23.2 Å². The van der Waals surface area contributed by atoms with Gasteiger partial charge < -0.3 is 10.1 Å². The molecule has 0 aliphatic heterocycles. The van der Waals surface area contributed by atoms with Gasteiger partial charge in [0.1, 0.15) is 5.75 Å². The van der Waals surface area contributed by atoms with E-state index in [4.69, 9.17) is 27.9 Å². The molecule has 0 saturated heterocycles. The van der Waals surface area contributed by atoms with E-state index >= 15 is 0 Å². The molecule has 1 heterocycles. The lowest BCUT2D eigenvalue weighted by Crippen LogP contribution is -2.19. The lowest BCUT2D eigenvalue weighted by atomic mass is 9.99. The molecule has 1 atom stereocenters. The molecule has 3 nitrogen and oxygen atoms in total. The highest BCUT2D eigenvalue weighted by Gasteiger charge is 2.16. The monoisotopic (exact) mass is 310 g/mol. The fourth-order valence-corrected chi connectivity index (χ4v) is 2.61. The molecule has 1 N–H and O–H groups in total. The van der Waals surface area contributed by atoms with E-state index in [9.17, 15) is 0 Å². The molecule has 0 bridgehead atoms. The van der Waals surface area contributed by atoms with Crippen molar-refractivity contribution in [2.24, 2.45) is 0 Å². The van der Waals surface area contributed by atoms with E-state index in [2.05, 4.69) is 10.3 Å². The third-order valence-corrected chi connectivity index (χ3v) is 3.79. The number of hydrogen-bond donors (Lipinski definition) is 1. The average molecular weight is 311 g/mol. The van der Waals surface area contributed by atoms with Crippen LogP contribution in [0.4, 0.5) is 0 Å². The molecule has 20 heavy (non-hydrogen) atoms. The van der Waals surface area contributed by atoms with Gasteiger partial charge in [0.05, 0.1) is 13.3 Å². The summed E-state index contributed by atoms with van der Waals surface area (Å²) in [6, 6.07) is 7.59. The van der Waals surface area contributed by atoms with E-state index in [1.54, 1.807) is 25.6 Å². The Morgan fingerprint density at radius 1 is 1.30 bits per heavy atom. The molecule has 2 aromatic rings. The van der Waals surface area contributed by atoms with Crippen molar-refractivity contribution in [1.82, 2.24) is 10.3 Å². The van der Waals surface area contributed by atoms with Crippen LogP contribution in [0.1, 0.15) is 17.2 Å². The van der Waals surface area contributed by atoms with Crippen LogP contribution in [0.3, 0.4) is 0 Å². The highest BCUT2D eigenvalue weighted by molar-refractivity contribution is 6.35. The first-order valence-electron chi connectivity index (χ1n) is 6.24. The summed E-state index contributed by atoms with van der Waals surface area (Å²) in [7, 11) is 3.55.